The monoisotopic (exact) mass is 461 g/mol. The van der Waals surface area contributed by atoms with Gasteiger partial charge in [0, 0.05) is 31.6 Å². The van der Waals surface area contributed by atoms with Crippen molar-refractivity contribution in [3.05, 3.63) is 52.9 Å². The summed E-state index contributed by atoms with van der Waals surface area (Å²) >= 11 is 0. The number of nitrogens with zero attached hydrogens (tertiary/aromatic N) is 2. The van der Waals surface area contributed by atoms with E-state index in [1.807, 2.05) is 24.3 Å². The summed E-state index contributed by atoms with van der Waals surface area (Å²) < 4.78 is 30.6. The van der Waals surface area contributed by atoms with E-state index >= 15 is 0 Å². The molecule has 0 radical (unpaired) electrons. The first-order valence-corrected chi connectivity index (χ1v) is 12.8. The molecule has 8 nitrogen and oxygen atoms in total. The van der Waals surface area contributed by atoms with Gasteiger partial charge in [-0.15, -0.1) is 0 Å². The second-order valence-corrected chi connectivity index (χ2v) is 10.5. The standard InChI is InChI=1S/C23H31N3O5S/c1-32(29,30)21(23(24)28)10-15-26-14-9-19(17-22(26)27)18-5-7-20(8-6-18)31-16-4-13-25-11-2-3-12-25/h5-9,14,17,21H,2-4,10-13,15-16H2,1H3,(H2,24,28). The molecule has 0 aliphatic carbocycles. The lowest BCUT2D eigenvalue weighted by Crippen LogP contribution is -2.36. The maximum Gasteiger partial charge on any atom is 0.251 e. The summed E-state index contributed by atoms with van der Waals surface area (Å²) in [5.74, 6) is -0.114. The molecule has 1 aliphatic rings. The van der Waals surface area contributed by atoms with Crippen LogP contribution in [-0.2, 0) is 21.2 Å². The number of hydrogen-bond acceptors (Lipinski definition) is 6. The summed E-state index contributed by atoms with van der Waals surface area (Å²) in [6, 6.07) is 10.9. The van der Waals surface area contributed by atoms with Gasteiger partial charge in [-0.05, 0) is 68.1 Å². The van der Waals surface area contributed by atoms with Crippen LogP contribution < -0.4 is 16.0 Å². The van der Waals surface area contributed by atoms with E-state index in [1.54, 1.807) is 12.3 Å². The summed E-state index contributed by atoms with van der Waals surface area (Å²) in [4.78, 5) is 26.3. The van der Waals surface area contributed by atoms with Crippen molar-refractivity contribution in [3.8, 4) is 16.9 Å². The van der Waals surface area contributed by atoms with Gasteiger partial charge in [-0.2, -0.15) is 0 Å². The summed E-state index contributed by atoms with van der Waals surface area (Å²) in [6.45, 7) is 4.21. The Morgan fingerprint density at radius 3 is 2.38 bits per heavy atom. The molecule has 32 heavy (non-hydrogen) atoms. The van der Waals surface area contributed by atoms with E-state index in [0.29, 0.717) is 6.61 Å². The summed E-state index contributed by atoms with van der Waals surface area (Å²) in [7, 11) is -3.62. The minimum atomic E-state index is -3.62. The fourth-order valence-electron chi connectivity index (χ4n) is 3.92. The van der Waals surface area contributed by atoms with E-state index in [-0.39, 0.29) is 18.5 Å². The Morgan fingerprint density at radius 2 is 1.78 bits per heavy atom. The van der Waals surface area contributed by atoms with Crippen LogP contribution in [0.3, 0.4) is 0 Å². The Balaban J connectivity index is 1.55. The highest BCUT2D eigenvalue weighted by Crippen LogP contribution is 2.21. The number of aryl methyl sites for hydroxylation is 1. The number of aromatic nitrogens is 1. The predicted octanol–water partition coefficient (Wildman–Crippen LogP) is 1.67. The predicted molar refractivity (Wildman–Crippen MR) is 124 cm³/mol. The molecule has 0 bridgehead atoms. The number of amides is 1. The second-order valence-electron chi connectivity index (χ2n) is 8.23. The van der Waals surface area contributed by atoms with E-state index in [1.165, 1.54) is 36.6 Å². The normalized spacial score (nSPS) is 15.5. The van der Waals surface area contributed by atoms with E-state index in [4.69, 9.17) is 10.5 Å². The number of likely N-dealkylation sites (tertiary alicyclic amines) is 1. The van der Waals surface area contributed by atoms with E-state index in [9.17, 15) is 18.0 Å². The van der Waals surface area contributed by atoms with Crippen LogP contribution in [0.2, 0.25) is 0 Å². The highest BCUT2D eigenvalue weighted by molar-refractivity contribution is 7.92. The lowest BCUT2D eigenvalue weighted by atomic mass is 10.1. The second kappa shape index (κ2) is 10.8. The van der Waals surface area contributed by atoms with Crippen molar-refractivity contribution in [2.45, 2.75) is 37.5 Å². The Labute approximate surface area is 188 Å². The van der Waals surface area contributed by atoms with Crippen LogP contribution in [0.4, 0.5) is 0 Å². The molecule has 1 amide bonds. The third-order valence-corrected chi connectivity index (χ3v) is 7.24. The highest BCUT2D eigenvalue weighted by Gasteiger charge is 2.26. The zero-order valence-corrected chi connectivity index (χ0v) is 19.2. The Hall–Kier alpha value is -2.65. The molecule has 174 valence electrons. The lowest BCUT2D eigenvalue weighted by molar-refractivity contribution is -0.117. The molecule has 1 aromatic heterocycles. The first-order valence-electron chi connectivity index (χ1n) is 10.9. The molecular weight excluding hydrogens is 430 g/mol. The van der Waals surface area contributed by atoms with Gasteiger partial charge in [-0.25, -0.2) is 8.42 Å². The molecule has 1 fully saturated rings. The molecule has 1 aromatic carbocycles. The molecule has 3 rings (SSSR count). The molecule has 1 aliphatic heterocycles. The van der Waals surface area contributed by atoms with Gasteiger partial charge in [0.05, 0.1) is 6.61 Å². The van der Waals surface area contributed by atoms with E-state index < -0.39 is 21.0 Å². The summed E-state index contributed by atoms with van der Waals surface area (Å²) in [5.41, 5.74) is 6.54. The third kappa shape index (κ3) is 6.67. The Kier molecular flexibility index (Phi) is 8.09. The van der Waals surface area contributed by atoms with Crippen LogP contribution in [-0.4, -0.2) is 61.5 Å². The van der Waals surface area contributed by atoms with Crippen molar-refractivity contribution in [2.24, 2.45) is 5.73 Å². The van der Waals surface area contributed by atoms with Crippen molar-refractivity contribution in [2.75, 3.05) is 32.5 Å². The van der Waals surface area contributed by atoms with Crippen molar-refractivity contribution in [3.63, 3.8) is 0 Å². The van der Waals surface area contributed by atoms with Crippen LogP contribution in [0.5, 0.6) is 5.75 Å². The molecule has 0 spiro atoms. The smallest absolute Gasteiger partial charge is 0.251 e. The van der Waals surface area contributed by atoms with Gasteiger partial charge < -0.3 is 19.9 Å². The fraction of sp³-hybridized carbons (Fsp3) is 0.478. The summed E-state index contributed by atoms with van der Waals surface area (Å²) in [5, 5.41) is -1.31. The van der Waals surface area contributed by atoms with Crippen molar-refractivity contribution in [1.29, 1.82) is 0 Å². The quantitative estimate of drug-likeness (QED) is 0.510. The first kappa shape index (κ1) is 24.0. The van der Waals surface area contributed by atoms with Crippen LogP contribution >= 0.6 is 0 Å². The first-order chi connectivity index (χ1) is 15.2. The number of carbonyl (C=O) groups excluding carboxylic acids is 1. The van der Waals surface area contributed by atoms with Gasteiger partial charge in [0.1, 0.15) is 11.0 Å². The molecule has 2 aromatic rings. The average molecular weight is 462 g/mol. The lowest BCUT2D eigenvalue weighted by Gasteiger charge is -2.14. The van der Waals surface area contributed by atoms with Crippen LogP contribution in [0.1, 0.15) is 25.7 Å². The number of primary amides is 1. The number of sulfone groups is 1. The van der Waals surface area contributed by atoms with Gasteiger partial charge in [-0.1, -0.05) is 12.1 Å². The molecule has 1 unspecified atom stereocenters. The van der Waals surface area contributed by atoms with Gasteiger partial charge in [0.2, 0.25) is 5.91 Å². The molecule has 0 saturated carbocycles. The largest absolute Gasteiger partial charge is 0.494 e. The SMILES string of the molecule is CS(=O)(=O)C(CCn1ccc(-c2ccc(OCCCN3CCCC3)cc2)cc1=O)C(N)=O. The zero-order chi connectivity index (χ0) is 23.1. The summed E-state index contributed by atoms with van der Waals surface area (Å²) in [6.07, 6.45) is 6.10. The zero-order valence-electron chi connectivity index (χ0n) is 18.4. The molecule has 1 saturated heterocycles. The molecule has 9 heteroatoms. The highest BCUT2D eigenvalue weighted by atomic mass is 32.2. The number of benzene rings is 1. The molecule has 2 heterocycles. The van der Waals surface area contributed by atoms with Crippen molar-refractivity contribution in [1.82, 2.24) is 9.47 Å². The maximum absolute atomic E-state index is 12.5. The van der Waals surface area contributed by atoms with Crippen molar-refractivity contribution >= 4 is 15.7 Å². The Morgan fingerprint density at radius 1 is 1.09 bits per heavy atom. The number of carbonyl (C=O) groups is 1. The van der Waals surface area contributed by atoms with E-state index in [0.717, 1.165) is 36.1 Å². The number of ether oxygens (including phenoxy) is 1. The minimum absolute atomic E-state index is 0.0444. The van der Waals surface area contributed by atoms with Crippen molar-refractivity contribution < 1.29 is 17.9 Å². The maximum atomic E-state index is 12.5. The average Bonchev–Trinajstić information content (AvgIpc) is 3.25. The van der Waals surface area contributed by atoms with Gasteiger partial charge in [0.25, 0.3) is 5.56 Å². The topological polar surface area (TPSA) is 112 Å². The Bertz CT molecular complexity index is 1070. The molecule has 2 N–H and O–H groups in total. The molecular formula is C23H31N3O5S. The van der Waals surface area contributed by atoms with Gasteiger partial charge in [0.15, 0.2) is 9.84 Å². The minimum Gasteiger partial charge on any atom is -0.494 e. The van der Waals surface area contributed by atoms with Gasteiger partial charge in [-0.3, -0.25) is 9.59 Å². The van der Waals surface area contributed by atoms with Crippen LogP contribution in [0.15, 0.2) is 47.4 Å². The number of nitrogens with two attached hydrogens (primary N) is 1. The number of hydrogen-bond donors (Lipinski definition) is 1. The van der Waals surface area contributed by atoms with Crippen LogP contribution in [0, 0.1) is 0 Å². The van der Waals surface area contributed by atoms with E-state index in [2.05, 4.69) is 4.90 Å². The van der Waals surface area contributed by atoms with Gasteiger partial charge >= 0.3 is 0 Å². The molecule has 1 atom stereocenters. The number of pyridine rings is 1. The third-order valence-electron chi connectivity index (χ3n) is 5.74. The number of rotatable bonds is 11. The fourth-order valence-corrected chi connectivity index (χ4v) is 4.88. The van der Waals surface area contributed by atoms with Crippen LogP contribution in [0.25, 0.3) is 11.1 Å².